The lowest BCUT2D eigenvalue weighted by Crippen LogP contribution is -2.53. The Morgan fingerprint density at radius 2 is 1.94 bits per heavy atom. The summed E-state index contributed by atoms with van der Waals surface area (Å²) in [6, 6.07) is 6.27. The van der Waals surface area contributed by atoms with E-state index in [4.69, 9.17) is 10.5 Å². The number of anilines is 3. The Labute approximate surface area is 199 Å². The molecular weight excluding hydrogens is 460 g/mol. The summed E-state index contributed by atoms with van der Waals surface area (Å²) in [6.45, 7) is 3.50. The van der Waals surface area contributed by atoms with Gasteiger partial charge in [0.2, 0.25) is 5.95 Å². The van der Waals surface area contributed by atoms with Crippen LogP contribution in [0.5, 0.6) is 0 Å². The Kier molecular flexibility index (Phi) is 7.95. The molecule has 1 aliphatic rings. The van der Waals surface area contributed by atoms with Gasteiger partial charge in [-0.2, -0.15) is 4.98 Å². The smallest absolute Gasteiger partial charge is 0.267 e. The molecule has 1 aliphatic heterocycles. The third-order valence-electron chi connectivity index (χ3n) is 6.07. The molecular formula is C22H32N6O5S. The predicted octanol–water partition coefficient (Wildman–Crippen LogP) is 1.32. The van der Waals surface area contributed by atoms with E-state index in [2.05, 4.69) is 25.5 Å². The molecule has 0 radical (unpaired) electrons. The van der Waals surface area contributed by atoms with E-state index in [1.165, 1.54) is 6.07 Å². The zero-order chi connectivity index (χ0) is 24.9. The van der Waals surface area contributed by atoms with E-state index in [0.29, 0.717) is 26.2 Å². The monoisotopic (exact) mass is 492 g/mol. The maximum Gasteiger partial charge on any atom is 0.267 e. The van der Waals surface area contributed by atoms with Crippen molar-refractivity contribution >= 4 is 33.2 Å². The molecule has 0 aliphatic carbocycles. The van der Waals surface area contributed by atoms with E-state index >= 15 is 0 Å². The first-order chi connectivity index (χ1) is 16.1. The summed E-state index contributed by atoms with van der Waals surface area (Å²) in [5.74, 6) is -1.01. The van der Waals surface area contributed by atoms with Crippen LogP contribution < -0.4 is 21.9 Å². The number of nitrogens with two attached hydrogens (primary N) is 1. The van der Waals surface area contributed by atoms with Crippen molar-refractivity contribution in [2.45, 2.75) is 36.6 Å². The van der Waals surface area contributed by atoms with Gasteiger partial charge in [0.25, 0.3) is 11.5 Å². The molecule has 1 saturated heterocycles. The lowest BCUT2D eigenvalue weighted by atomic mass is 9.88. The SMILES string of the molecule is CCCS(=O)(=O)c1ccccc1Nc1nc(NCC2(N(C)C)CCOCC2)[nH]c(=O)c1C(N)=O. The number of ether oxygens (including phenoxy) is 1. The zero-order valence-corrected chi connectivity index (χ0v) is 20.5. The van der Waals surface area contributed by atoms with E-state index in [0.717, 1.165) is 12.8 Å². The van der Waals surface area contributed by atoms with E-state index < -0.39 is 21.3 Å². The molecule has 1 fully saturated rings. The van der Waals surface area contributed by atoms with Gasteiger partial charge in [-0.3, -0.25) is 14.6 Å². The maximum atomic E-state index is 12.7. The predicted molar refractivity (Wildman–Crippen MR) is 130 cm³/mol. The van der Waals surface area contributed by atoms with Gasteiger partial charge >= 0.3 is 0 Å². The Hall–Kier alpha value is -2.96. The van der Waals surface area contributed by atoms with Gasteiger partial charge in [0, 0.05) is 25.3 Å². The normalized spacial score (nSPS) is 15.8. The molecule has 0 saturated carbocycles. The van der Waals surface area contributed by atoms with Crippen molar-refractivity contribution in [2.24, 2.45) is 5.73 Å². The fourth-order valence-electron chi connectivity index (χ4n) is 4.01. The number of para-hydroxylation sites is 1. The number of sulfone groups is 1. The number of nitrogens with zero attached hydrogens (tertiary/aromatic N) is 2. The number of nitrogens with one attached hydrogen (secondary N) is 3. The van der Waals surface area contributed by atoms with Crippen LogP contribution in [0, 0.1) is 0 Å². The molecule has 0 bridgehead atoms. The summed E-state index contributed by atoms with van der Waals surface area (Å²) in [6.07, 6.45) is 2.04. The third kappa shape index (κ3) is 5.57. The van der Waals surface area contributed by atoms with Crippen LogP contribution >= 0.6 is 0 Å². The number of hydrogen-bond acceptors (Lipinski definition) is 9. The maximum absolute atomic E-state index is 12.7. The lowest BCUT2D eigenvalue weighted by molar-refractivity contribution is -0.000707. The van der Waals surface area contributed by atoms with Crippen molar-refractivity contribution < 1.29 is 17.9 Å². The van der Waals surface area contributed by atoms with E-state index in [9.17, 15) is 18.0 Å². The third-order valence-corrected chi connectivity index (χ3v) is 8.04. The number of rotatable bonds is 10. The molecule has 1 aromatic heterocycles. The minimum atomic E-state index is -3.58. The number of likely N-dealkylation sites (N-methyl/N-ethyl adjacent to an activating group) is 1. The largest absolute Gasteiger partial charge is 0.381 e. The van der Waals surface area contributed by atoms with Gasteiger partial charge in [0.15, 0.2) is 15.7 Å². The summed E-state index contributed by atoms with van der Waals surface area (Å²) in [4.78, 5) is 33.9. The Morgan fingerprint density at radius 3 is 2.56 bits per heavy atom. The lowest BCUT2D eigenvalue weighted by Gasteiger charge is -2.42. The van der Waals surface area contributed by atoms with E-state index in [1.807, 2.05) is 14.1 Å². The van der Waals surface area contributed by atoms with Crippen LogP contribution in [0.4, 0.5) is 17.5 Å². The van der Waals surface area contributed by atoms with Crippen molar-refractivity contribution in [3.8, 4) is 0 Å². The Balaban J connectivity index is 1.97. The van der Waals surface area contributed by atoms with Crippen molar-refractivity contribution in [2.75, 3.05) is 50.2 Å². The van der Waals surface area contributed by atoms with Crippen molar-refractivity contribution in [1.82, 2.24) is 14.9 Å². The van der Waals surface area contributed by atoms with Crippen molar-refractivity contribution in [3.63, 3.8) is 0 Å². The molecule has 34 heavy (non-hydrogen) atoms. The van der Waals surface area contributed by atoms with Crippen LogP contribution in [0.1, 0.15) is 36.5 Å². The number of hydrogen-bond donors (Lipinski definition) is 4. The average molecular weight is 493 g/mol. The highest BCUT2D eigenvalue weighted by molar-refractivity contribution is 7.91. The number of carbonyl (C=O) groups excluding carboxylic acids is 1. The molecule has 0 unspecified atom stereocenters. The summed E-state index contributed by atoms with van der Waals surface area (Å²) in [7, 11) is 0.390. The molecule has 11 nitrogen and oxygen atoms in total. The van der Waals surface area contributed by atoms with E-state index in [-0.39, 0.29) is 39.2 Å². The second kappa shape index (κ2) is 10.5. The Bertz CT molecular complexity index is 1190. The number of carbonyl (C=O) groups is 1. The average Bonchev–Trinajstić information content (AvgIpc) is 2.78. The van der Waals surface area contributed by atoms with Gasteiger partial charge in [-0.15, -0.1) is 0 Å². The van der Waals surface area contributed by atoms with Crippen LogP contribution in [-0.2, 0) is 14.6 Å². The highest BCUT2D eigenvalue weighted by atomic mass is 32.2. The Morgan fingerprint density at radius 1 is 1.26 bits per heavy atom. The van der Waals surface area contributed by atoms with Crippen LogP contribution in [-0.4, -0.2) is 74.3 Å². The first-order valence-corrected chi connectivity index (χ1v) is 12.8. The molecule has 2 aromatic rings. The highest BCUT2D eigenvalue weighted by Gasteiger charge is 2.35. The fraction of sp³-hybridized carbons (Fsp3) is 0.500. The second-order valence-corrected chi connectivity index (χ2v) is 10.6. The fourth-order valence-corrected chi connectivity index (χ4v) is 5.50. The molecule has 0 spiro atoms. The summed E-state index contributed by atoms with van der Waals surface area (Å²) in [5, 5.41) is 6.02. The molecule has 0 atom stereocenters. The summed E-state index contributed by atoms with van der Waals surface area (Å²) in [5.41, 5.74) is 4.33. The van der Waals surface area contributed by atoms with Crippen LogP contribution in [0.15, 0.2) is 34.0 Å². The van der Waals surface area contributed by atoms with Gasteiger partial charge in [0.05, 0.1) is 16.3 Å². The molecule has 1 aromatic carbocycles. The molecule has 2 heterocycles. The van der Waals surface area contributed by atoms with Gasteiger partial charge in [0.1, 0.15) is 5.56 Å². The number of primary amides is 1. The first kappa shape index (κ1) is 25.7. The number of H-pyrrole nitrogens is 1. The molecule has 12 heteroatoms. The second-order valence-electron chi connectivity index (χ2n) is 8.53. The standard InChI is InChI=1S/C22H32N6O5S/c1-4-13-34(31,32)16-8-6-5-7-15(16)25-19-17(18(23)29)20(30)27-21(26-19)24-14-22(28(2)3)9-11-33-12-10-22/h5-8H,4,9-14H2,1-3H3,(H2,23,29)(H3,24,25,26,27,30). The first-order valence-electron chi connectivity index (χ1n) is 11.1. The van der Waals surface area contributed by atoms with Crippen LogP contribution in [0.3, 0.4) is 0 Å². The zero-order valence-electron chi connectivity index (χ0n) is 19.7. The number of aromatic amines is 1. The van der Waals surface area contributed by atoms with Gasteiger partial charge in [-0.05, 0) is 45.5 Å². The van der Waals surface area contributed by atoms with Crippen LogP contribution in [0.25, 0.3) is 0 Å². The summed E-state index contributed by atoms with van der Waals surface area (Å²) >= 11 is 0. The van der Waals surface area contributed by atoms with Crippen molar-refractivity contribution in [3.05, 3.63) is 40.2 Å². The minimum absolute atomic E-state index is 0.0414. The topological polar surface area (TPSA) is 160 Å². The van der Waals surface area contributed by atoms with Gasteiger partial charge in [-0.25, -0.2) is 8.42 Å². The van der Waals surface area contributed by atoms with Crippen LogP contribution in [0.2, 0.25) is 0 Å². The number of aromatic nitrogens is 2. The number of amides is 1. The minimum Gasteiger partial charge on any atom is -0.381 e. The molecule has 186 valence electrons. The molecule has 5 N–H and O–H groups in total. The summed E-state index contributed by atoms with van der Waals surface area (Å²) < 4.78 is 30.9. The highest BCUT2D eigenvalue weighted by Crippen LogP contribution is 2.28. The molecule has 1 amide bonds. The van der Waals surface area contributed by atoms with E-state index in [1.54, 1.807) is 25.1 Å². The van der Waals surface area contributed by atoms with Crippen molar-refractivity contribution in [1.29, 1.82) is 0 Å². The quantitative estimate of drug-likeness (QED) is 0.383. The molecule has 3 rings (SSSR count). The number of benzene rings is 1. The van der Waals surface area contributed by atoms with Gasteiger partial charge in [-0.1, -0.05) is 19.1 Å². The van der Waals surface area contributed by atoms with Gasteiger partial charge < -0.3 is 26.0 Å².